The molecule has 28 heavy (non-hydrogen) atoms. The van der Waals surface area contributed by atoms with Gasteiger partial charge >= 0.3 is 0 Å². The Bertz CT molecular complexity index is 1150. The molecule has 138 valence electrons. The molecule has 10 nitrogen and oxygen atoms in total. The SMILES string of the molecule is CN(C)c1nc(-c2ccccn2)c(/N=N/c2c(C#N)cnn2-c2ncc[nH]2)s1. The van der Waals surface area contributed by atoms with E-state index in [0.29, 0.717) is 22.3 Å². The van der Waals surface area contributed by atoms with Gasteiger partial charge in [0.05, 0.1) is 11.9 Å². The zero-order valence-electron chi connectivity index (χ0n) is 15.0. The van der Waals surface area contributed by atoms with E-state index in [1.54, 1.807) is 18.6 Å². The quantitative estimate of drug-likeness (QED) is 0.520. The second-order valence-electron chi connectivity index (χ2n) is 5.78. The van der Waals surface area contributed by atoms with Crippen LogP contribution in [0.4, 0.5) is 16.0 Å². The first-order valence-corrected chi connectivity index (χ1v) is 8.98. The molecule has 0 saturated heterocycles. The number of hydrogen-bond donors (Lipinski definition) is 1. The molecule has 4 rings (SSSR count). The van der Waals surface area contributed by atoms with Crippen molar-refractivity contribution in [1.82, 2.24) is 29.7 Å². The van der Waals surface area contributed by atoms with E-state index >= 15 is 0 Å². The van der Waals surface area contributed by atoms with Gasteiger partial charge in [-0.2, -0.15) is 15.0 Å². The molecule has 1 N–H and O–H groups in total. The zero-order valence-corrected chi connectivity index (χ0v) is 15.8. The number of azo groups is 1. The van der Waals surface area contributed by atoms with Gasteiger partial charge < -0.3 is 9.88 Å². The second-order valence-corrected chi connectivity index (χ2v) is 6.73. The number of hydrogen-bond acceptors (Lipinski definition) is 9. The van der Waals surface area contributed by atoms with Crippen LogP contribution in [0.1, 0.15) is 5.56 Å². The van der Waals surface area contributed by atoms with Gasteiger partial charge in [-0.25, -0.2) is 9.97 Å². The predicted octanol–water partition coefficient (Wildman–Crippen LogP) is 3.47. The molecular weight excluding hydrogens is 376 g/mol. The van der Waals surface area contributed by atoms with Crippen LogP contribution >= 0.6 is 11.3 Å². The van der Waals surface area contributed by atoms with Crippen LogP contribution in [0.2, 0.25) is 0 Å². The van der Waals surface area contributed by atoms with E-state index in [1.807, 2.05) is 37.2 Å². The fourth-order valence-corrected chi connectivity index (χ4v) is 3.19. The first-order valence-electron chi connectivity index (χ1n) is 8.16. The predicted molar refractivity (Wildman–Crippen MR) is 104 cm³/mol. The van der Waals surface area contributed by atoms with E-state index < -0.39 is 0 Å². The number of anilines is 1. The lowest BCUT2D eigenvalue weighted by molar-refractivity contribution is 0.819. The summed E-state index contributed by atoms with van der Waals surface area (Å²) in [5.41, 5.74) is 1.61. The third-order valence-electron chi connectivity index (χ3n) is 3.67. The number of nitrogens with zero attached hydrogens (tertiary/aromatic N) is 9. The Labute approximate surface area is 163 Å². The van der Waals surface area contributed by atoms with Gasteiger partial charge in [0.2, 0.25) is 5.95 Å². The van der Waals surface area contributed by atoms with Crippen molar-refractivity contribution in [2.45, 2.75) is 0 Å². The lowest BCUT2D eigenvalue weighted by Crippen LogP contribution is -2.07. The van der Waals surface area contributed by atoms with Crippen molar-refractivity contribution in [3.8, 4) is 23.4 Å². The van der Waals surface area contributed by atoms with Crippen LogP contribution in [0.25, 0.3) is 17.3 Å². The Morgan fingerprint density at radius 1 is 1.21 bits per heavy atom. The third-order valence-corrected chi connectivity index (χ3v) is 4.78. The summed E-state index contributed by atoms with van der Waals surface area (Å²) in [5.74, 6) is 0.725. The molecule has 0 saturated carbocycles. The molecule has 4 aromatic heterocycles. The topological polar surface area (TPSA) is 124 Å². The largest absolute Gasteiger partial charge is 0.354 e. The van der Waals surface area contributed by atoms with Crippen LogP contribution in [-0.2, 0) is 0 Å². The minimum absolute atomic E-state index is 0.282. The summed E-state index contributed by atoms with van der Waals surface area (Å²) in [6.45, 7) is 0. The van der Waals surface area contributed by atoms with Crippen molar-refractivity contribution in [3.63, 3.8) is 0 Å². The van der Waals surface area contributed by atoms with Crippen molar-refractivity contribution in [2.24, 2.45) is 10.2 Å². The Morgan fingerprint density at radius 3 is 2.79 bits per heavy atom. The Hall–Kier alpha value is -3.91. The summed E-state index contributed by atoms with van der Waals surface area (Å²) in [5, 5.41) is 23.6. The Morgan fingerprint density at radius 2 is 2.11 bits per heavy atom. The Kier molecular flexibility index (Phi) is 4.61. The first-order chi connectivity index (χ1) is 13.7. The van der Waals surface area contributed by atoms with Crippen LogP contribution in [0, 0.1) is 11.3 Å². The number of imidazole rings is 1. The van der Waals surface area contributed by atoms with Crippen molar-refractivity contribution in [1.29, 1.82) is 5.26 Å². The molecule has 0 aliphatic rings. The van der Waals surface area contributed by atoms with Gasteiger partial charge in [-0.3, -0.25) is 4.98 Å². The number of pyridine rings is 1. The number of nitrogens with one attached hydrogen (secondary N) is 1. The molecular formula is C17H14N10S. The third kappa shape index (κ3) is 3.24. The van der Waals surface area contributed by atoms with Gasteiger partial charge in [-0.15, -0.1) is 10.2 Å². The molecule has 0 radical (unpaired) electrons. The molecule has 0 amide bonds. The first kappa shape index (κ1) is 17.5. The zero-order chi connectivity index (χ0) is 19.5. The maximum Gasteiger partial charge on any atom is 0.230 e. The van der Waals surface area contributed by atoms with Gasteiger partial charge in [-0.05, 0) is 12.1 Å². The highest BCUT2D eigenvalue weighted by molar-refractivity contribution is 7.19. The highest BCUT2D eigenvalue weighted by Gasteiger charge is 2.17. The van der Waals surface area contributed by atoms with Gasteiger partial charge in [0, 0.05) is 32.7 Å². The van der Waals surface area contributed by atoms with Crippen molar-refractivity contribution < 1.29 is 0 Å². The van der Waals surface area contributed by atoms with E-state index in [9.17, 15) is 5.26 Å². The number of H-pyrrole nitrogens is 1. The van der Waals surface area contributed by atoms with Crippen LogP contribution in [0.5, 0.6) is 0 Å². The summed E-state index contributed by atoms with van der Waals surface area (Å²) in [4.78, 5) is 18.0. The molecule has 0 unspecified atom stereocenters. The number of rotatable bonds is 5. The minimum atomic E-state index is 0.282. The molecule has 0 aromatic carbocycles. The highest BCUT2D eigenvalue weighted by Crippen LogP contribution is 2.39. The van der Waals surface area contributed by atoms with E-state index in [1.165, 1.54) is 22.2 Å². The van der Waals surface area contributed by atoms with Crippen LogP contribution < -0.4 is 4.90 Å². The van der Waals surface area contributed by atoms with E-state index in [4.69, 9.17) is 0 Å². The molecule has 0 aliphatic heterocycles. The van der Waals surface area contributed by atoms with E-state index in [2.05, 4.69) is 41.3 Å². The molecule has 0 atom stereocenters. The Balaban J connectivity index is 1.79. The minimum Gasteiger partial charge on any atom is -0.354 e. The van der Waals surface area contributed by atoms with Gasteiger partial charge in [-0.1, -0.05) is 17.4 Å². The molecule has 0 bridgehead atoms. The number of thiazole rings is 1. The van der Waals surface area contributed by atoms with Crippen molar-refractivity contribution >= 4 is 27.3 Å². The highest BCUT2D eigenvalue weighted by atomic mass is 32.1. The normalized spacial score (nSPS) is 11.0. The standard InChI is InChI=1S/C17H14N10S/c1-26(2)17-23-13(12-5-3-4-6-19-12)15(28-17)25-24-14-11(9-18)10-22-27(14)16-20-7-8-21-16/h3-8,10H,1-2H3,(H,20,21)/b25-24+. The number of aromatic amines is 1. The molecule has 0 spiro atoms. The average Bonchev–Trinajstić information content (AvgIpc) is 3.45. The maximum atomic E-state index is 9.37. The van der Waals surface area contributed by atoms with Crippen LogP contribution in [0.15, 0.2) is 53.2 Å². The maximum absolute atomic E-state index is 9.37. The van der Waals surface area contributed by atoms with Gasteiger partial charge in [0.15, 0.2) is 16.0 Å². The lowest BCUT2D eigenvalue weighted by Gasteiger charge is -2.05. The molecule has 11 heteroatoms. The number of aromatic nitrogens is 6. The number of nitriles is 1. The second kappa shape index (κ2) is 7.37. The fourth-order valence-electron chi connectivity index (χ4n) is 2.37. The summed E-state index contributed by atoms with van der Waals surface area (Å²) in [6.07, 6.45) is 6.38. The van der Waals surface area contributed by atoms with Gasteiger partial charge in [0.1, 0.15) is 17.3 Å². The van der Waals surface area contributed by atoms with Crippen molar-refractivity contribution in [2.75, 3.05) is 19.0 Å². The van der Waals surface area contributed by atoms with E-state index in [0.717, 1.165) is 5.13 Å². The van der Waals surface area contributed by atoms with Crippen LogP contribution in [-0.4, -0.2) is 43.8 Å². The summed E-state index contributed by atoms with van der Waals surface area (Å²) in [7, 11) is 3.81. The molecule has 0 fully saturated rings. The monoisotopic (exact) mass is 390 g/mol. The smallest absolute Gasteiger partial charge is 0.230 e. The lowest BCUT2D eigenvalue weighted by atomic mass is 10.3. The fraction of sp³-hybridized carbons (Fsp3) is 0.118. The average molecular weight is 390 g/mol. The molecule has 4 heterocycles. The van der Waals surface area contributed by atoms with Crippen molar-refractivity contribution in [3.05, 3.63) is 48.5 Å². The van der Waals surface area contributed by atoms with Crippen LogP contribution in [0.3, 0.4) is 0 Å². The summed E-state index contributed by atoms with van der Waals surface area (Å²) < 4.78 is 1.43. The van der Waals surface area contributed by atoms with E-state index in [-0.39, 0.29) is 11.4 Å². The summed E-state index contributed by atoms with van der Waals surface area (Å²) in [6, 6.07) is 7.66. The molecule has 0 aliphatic carbocycles. The molecule has 4 aromatic rings. The summed E-state index contributed by atoms with van der Waals surface area (Å²) >= 11 is 1.38. The van der Waals surface area contributed by atoms with Gasteiger partial charge in [0.25, 0.3) is 0 Å².